The Kier molecular flexibility index (Phi) is 3.86. The second-order valence-corrected chi connectivity index (χ2v) is 5.59. The van der Waals surface area contributed by atoms with Crippen molar-refractivity contribution in [3.8, 4) is 0 Å². The molecule has 0 aromatic carbocycles. The minimum atomic E-state index is -1.29. The van der Waals surface area contributed by atoms with Crippen LogP contribution in [0.2, 0.25) is 0 Å². The summed E-state index contributed by atoms with van der Waals surface area (Å²) >= 11 is 0. The first-order valence-electron chi connectivity index (χ1n) is 4.78. The second kappa shape index (κ2) is 4.11. The lowest BCUT2D eigenvalue weighted by Gasteiger charge is -2.31. The molecular weight excluding hydrogens is 180 g/mol. The maximum Gasteiger partial charge on any atom is 0.144 e. The maximum absolute atomic E-state index is 11.5. The standard InChI is InChI=1S/C11H20O3/c1-10(2,3)7-11(4,5)8(12)6-9(13)14/h6-7H2,1-5H3,(H,13,14)/p-1. The van der Waals surface area contributed by atoms with Gasteiger partial charge in [0.05, 0.1) is 0 Å². The molecule has 0 radical (unpaired) electrons. The van der Waals surface area contributed by atoms with Crippen molar-refractivity contribution in [2.24, 2.45) is 10.8 Å². The third kappa shape index (κ3) is 5.00. The minimum absolute atomic E-state index is 0.0189. The molecule has 0 fully saturated rings. The highest BCUT2D eigenvalue weighted by Gasteiger charge is 2.31. The lowest BCUT2D eigenvalue weighted by atomic mass is 9.73. The van der Waals surface area contributed by atoms with Crippen LogP contribution in [0.3, 0.4) is 0 Å². The zero-order valence-corrected chi connectivity index (χ0v) is 9.64. The predicted octanol–water partition coefficient (Wildman–Crippen LogP) is 1.16. The molecule has 0 amide bonds. The van der Waals surface area contributed by atoms with E-state index in [-0.39, 0.29) is 11.2 Å². The number of carbonyl (C=O) groups excluding carboxylic acids is 2. The molecule has 14 heavy (non-hydrogen) atoms. The summed E-state index contributed by atoms with van der Waals surface area (Å²) in [6.07, 6.45) is 0.190. The van der Waals surface area contributed by atoms with E-state index in [9.17, 15) is 14.7 Å². The molecule has 0 bridgehead atoms. The fraction of sp³-hybridized carbons (Fsp3) is 0.818. The summed E-state index contributed by atoms with van der Waals surface area (Å²) in [5, 5.41) is 10.3. The van der Waals surface area contributed by atoms with E-state index in [1.165, 1.54) is 0 Å². The highest BCUT2D eigenvalue weighted by Crippen LogP contribution is 2.34. The number of rotatable bonds is 4. The van der Waals surface area contributed by atoms with Gasteiger partial charge in [-0.2, -0.15) is 0 Å². The van der Waals surface area contributed by atoms with E-state index in [1.807, 2.05) is 20.8 Å². The number of carboxylic acids is 1. The summed E-state index contributed by atoms with van der Waals surface area (Å²) in [4.78, 5) is 21.8. The molecule has 0 spiro atoms. The molecule has 82 valence electrons. The lowest BCUT2D eigenvalue weighted by Crippen LogP contribution is -2.34. The van der Waals surface area contributed by atoms with Gasteiger partial charge in [0.25, 0.3) is 0 Å². The first kappa shape index (κ1) is 13.1. The molecule has 3 heteroatoms. The van der Waals surface area contributed by atoms with Gasteiger partial charge >= 0.3 is 0 Å². The normalized spacial score (nSPS) is 12.6. The van der Waals surface area contributed by atoms with E-state index < -0.39 is 17.8 Å². The van der Waals surface area contributed by atoms with Crippen molar-refractivity contribution in [1.29, 1.82) is 0 Å². The Morgan fingerprint density at radius 3 is 1.79 bits per heavy atom. The van der Waals surface area contributed by atoms with Crippen LogP contribution in [-0.2, 0) is 9.59 Å². The lowest BCUT2D eigenvalue weighted by molar-refractivity contribution is -0.304. The first-order valence-corrected chi connectivity index (χ1v) is 4.78. The van der Waals surface area contributed by atoms with Gasteiger partial charge in [-0.1, -0.05) is 34.6 Å². The summed E-state index contributed by atoms with van der Waals surface area (Å²) in [5.74, 6) is -1.55. The Labute approximate surface area is 85.5 Å². The third-order valence-electron chi connectivity index (χ3n) is 2.03. The van der Waals surface area contributed by atoms with Gasteiger partial charge in [0.15, 0.2) is 0 Å². The molecule has 0 unspecified atom stereocenters. The predicted molar refractivity (Wildman–Crippen MR) is 52.5 cm³/mol. The quantitative estimate of drug-likeness (QED) is 0.638. The number of carboxylic acid groups (broad SMARTS) is 1. The summed E-state index contributed by atoms with van der Waals surface area (Å²) in [6.45, 7) is 9.65. The van der Waals surface area contributed by atoms with E-state index in [0.29, 0.717) is 6.42 Å². The van der Waals surface area contributed by atoms with E-state index in [4.69, 9.17) is 0 Å². The Morgan fingerprint density at radius 1 is 1.07 bits per heavy atom. The van der Waals surface area contributed by atoms with Crippen molar-refractivity contribution in [2.75, 3.05) is 0 Å². The van der Waals surface area contributed by atoms with Crippen molar-refractivity contribution >= 4 is 11.8 Å². The van der Waals surface area contributed by atoms with Crippen LogP contribution >= 0.6 is 0 Å². The van der Waals surface area contributed by atoms with Gasteiger partial charge in [0.2, 0.25) is 0 Å². The van der Waals surface area contributed by atoms with Gasteiger partial charge in [0.1, 0.15) is 5.78 Å². The Bertz CT molecular complexity index is 233. The summed E-state index contributed by atoms with van der Waals surface area (Å²) < 4.78 is 0. The average molecular weight is 199 g/mol. The van der Waals surface area contributed by atoms with Crippen LogP contribution in [0, 0.1) is 10.8 Å². The highest BCUT2D eigenvalue weighted by atomic mass is 16.4. The minimum Gasteiger partial charge on any atom is -0.550 e. The van der Waals surface area contributed by atoms with E-state index in [0.717, 1.165) is 0 Å². The van der Waals surface area contributed by atoms with Gasteiger partial charge in [-0.05, 0) is 11.8 Å². The molecule has 0 aliphatic heterocycles. The topological polar surface area (TPSA) is 57.2 Å². The van der Waals surface area contributed by atoms with Crippen LogP contribution < -0.4 is 5.11 Å². The molecular formula is C11H19O3-. The number of Topliss-reactive ketones (excluding diaryl/α,β-unsaturated/α-hetero) is 1. The van der Waals surface area contributed by atoms with Crippen LogP contribution in [0.5, 0.6) is 0 Å². The summed E-state index contributed by atoms with van der Waals surface area (Å²) in [6, 6.07) is 0. The molecule has 0 aliphatic carbocycles. The van der Waals surface area contributed by atoms with Gasteiger partial charge in [-0.25, -0.2) is 0 Å². The fourth-order valence-corrected chi connectivity index (χ4v) is 1.79. The Balaban J connectivity index is 4.46. The van der Waals surface area contributed by atoms with Gasteiger partial charge in [0, 0.05) is 17.8 Å². The van der Waals surface area contributed by atoms with E-state index in [1.54, 1.807) is 13.8 Å². The molecule has 3 nitrogen and oxygen atoms in total. The van der Waals surface area contributed by atoms with Crippen LogP contribution in [0.4, 0.5) is 0 Å². The first-order chi connectivity index (χ1) is 6.04. The maximum atomic E-state index is 11.5. The zero-order chi connectivity index (χ0) is 11.6. The molecule has 0 saturated heterocycles. The molecule has 0 aliphatic rings. The van der Waals surface area contributed by atoms with Crippen molar-refractivity contribution in [1.82, 2.24) is 0 Å². The van der Waals surface area contributed by atoms with E-state index >= 15 is 0 Å². The SMILES string of the molecule is CC(C)(C)CC(C)(C)C(=O)CC(=O)[O-]. The van der Waals surface area contributed by atoms with Gasteiger partial charge in [-0.15, -0.1) is 0 Å². The smallest absolute Gasteiger partial charge is 0.144 e. The van der Waals surface area contributed by atoms with Crippen LogP contribution in [0.15, 0.2) is 0 Å². The van der Waals surface area contributed by atoms with E-state index in [2.05, 4.69) is 0 Å². The second-order valence-electron chi connectivity index (χ2n) is 5.59. The van der Waals surface area contributed by atoms with Crippen LogP contribution in [0.1, 0.15) is 47.5 Å². The van der Waals surface area contributed by atoms with Crippen LogP contribution in [0.25, 0.3) is 0 Å². The molecule has 0 aromatic rings. The van der Waals surface area contributed by atoms with Crippen LogP contribution in [-0.4, -0.2) is 11.8 Å². The fourth-order valence-electron chi connectivity index (χ4n) is 1.79. The van der Waals surface area contributed by atoms with Gasteiger partial charge < -0.3 is 9.90 Å². The number of hydrogen-bond acceptors (Lipinski definition) is 3. The summed E-state index contributed by atoms with van der Waals surface area (Å²) in [5.41, 5.74) is -0.566. The largest absolute Gasteiger partial charge is 0.550 e. The number of carbonyl (C=O) groups is 2. The number of hydrogen-bond donors (Lipinski definition) is 0. The Hall–Kier alpha value is -0.860. The molecule has 0 atom stereocenters. The number of aliphatic carboxylic acids is 1. The average Bonchev–Trinajstić information content (AvgIpc) is 1.78. The zero-order valence-electron chi connectivity index (χ0n) is 9.64. The number of ketones is 1. The Morgan fingerprint density at radius 2 is 1.50 bits per heavy atom. The van der Waals surface area contributed by atoms with Crippen molar-refractivity contribution in [3.63, 3.8) is 0 Å². The molecule has 0 N–H and O–H groups in total. The van der Waals surface area contributed by atoms with Gasteiger partial charge in [-0.3, -0.25) is 4.79 Å². The monoisotopic (exact) mass is 199 g/mol. The van der Waals surface area contributed by atoms with Crippen molar-refractivity contribution < 1.29 is 14.7 Å². The molecule has 0 heterocycles. The summed E-state index contributed by atoms with van der Waals surface area (Å²) in [7, 11) is 0. The third-order valence-corrected chi connectivity index (χ3v) is 2.03. The molecule has 0 saturated carbocycles. The highest BCUT2D eigenvalue weighted by molar-refractivity contribution is 5.97. The van der Waals surface area contributed by atoms with Crippen molar-refractivity contribution in [3.05, 3.63) is 0 Å². The molecule has 0 aromatic heterocycles. The van der Waals surface area contributed by atoms with Crippen molar-refractivity contribution in [2.45, 2.75) is 47.5 Å². The molecule has 0 rings (SSSR count).